The molecular formula is C12H14Cl2FNO2. The number of hydrogen-bond donors (Lipinski definition) is 1. The van der Waals surface area contributed by atoms with E-state index < -0.39 is 11.7 Å². The maximum Gasteiger partial charge on any atom is 0.254 e. The van der Waals surface area contributed by atoms with E-state index in [-0.39, 0.29) is 17.5 Å². The topological polar surface area (TPSA) is 38.3 Å². The van der Waals surface area contributed by atoms with Crippen molar-refractivity contribution in [1.29, 1.82) is 0 Å². The van der Waals surface area contributed by atoms with E-state index in [4.69, 9.17) is 27.9 Å². The van der Waals surface area contributed by atoms with E-state index in [9.17, 15) is 9.18 Å². The number of carbonyl (C=O) groups excluding carboxylic acids is 1. The highest BCUT2D eigenvalue weighted by Gasteiger charge is 2.16. The van der Waals surface area contributed by atoms with Gasteiger partial charge in [0.15, 0.2) is 0 Å². The first-order valence-electron chi connectivity index (χ1n) is 5.39. The number of nitrogens with one attached hydrogen (secondary N) is 1. The third kappa shape index (κ3) is 4.44. The molecule has 18 heavy (non-hydrogen) atoms. The molecule has 1 aromatic rings. The number of benzene rings is 1. The summed E-state index contributed by atoms with van der Waals surface area (Å²) >= 11 is 11.4. The van der Waals surface area contributed by atoms with Crippen LogP contribution in [-0.4, -0.2) is 31.5 Å². The van der Waals surface area contributed by atoms with E-state index in [1.165, 1.54) is 12.1 Å². The number of halogens is 3. The average molecular weight is 294 g/mol. The lowest BCUT2D eigenvalue weighted by atomic mass is 10.1. The highest BCUT2D eigenvalue weighted by atomic mass is 35.5. The van der Waals surface area contributed by atoms with Crippen LogP contribution in [0.2, 0.25) is 5.02 Å². The van der Waals surface area contributed by atoms with Crippen molar-refractivity contribution in [3.63, 3.8) is 0 Å². The Balaban J connectivity index is 2.71. The zero-order chi connectivity index (χ0) is 13.5. The smallest absolute Gasteiger partial charge is 0.254 e. The van der Waals surface area contributed by atoms with Crippen molar-refractivity contribution in [2.24, 2.45) is 0 Å². The Morgan fingerprint density at radius 3 is 2.89 bits per heavy atom. The first kappa shape index (κ1) is 15.2. The van der Waals surface area contributed by atoms with Crippen LogP contribution < -0.4 is 5.32 Å². The normalized spacial score (nSPS) is 12.2. The maximum atomic E-state index is 13.4. The van der Waals surface area contributed by atoms with E-state index in [1.54, 1.807) is 7.11 Å². The highest BCUT2D eigenvalue weighted by Crippen LogP contribution is 2.15. The Morgan fingerprint density at radius 2 is 2.28 bits per heavy atom. The van der Waals surface area contributed by atoms with E-state index in [0.717, 1.165) is 6.07 Å². The number of ether oxygens (including phenoxy) is 1. The quantitative estimate of drug-likeness (QED) is 0.819. The van der Waals surface area contributed by atoms with Crippen molar-refractivity contribution in [1.82, 2.24) is 5.32 Å². The maximum absolute atomic E-state index is 13.4. The molecule has 0 aliphatic carbocycles. The third-order valence-corrected chi connectivity index (χ3v) is 2.97. The molecule has 0 heterocycles. The van der Waals surface area contributed by atoms with Crippen molar-refractivity contribution in [2.75, 3.05) is 19.6 Å². The van der Waals surface area contributed by atoms with Gasteiger partial charge >= 0.3 is 0 Å². The Labute approximate surface area is 115 Å². The second-order valence-corrected chi connectivity index (χ2v) is 4.48. The molecule has 3 nitrogen and oxygen atoms in total. The first-order valence-corrected chi connectivity index (χ1v) is 6.30. The molecule has 1 aromatic carbocycles. The number of alkyl halides is 1. The van der Waals surface area contributed by atoms with Gasteiger partial charge in [-0.05, 0) is 24.6 Å². The Hall–Kier alpha value is -0.840. The molecule has 1 amide bonds. The number of rotatable bonds is 6. The molecule has 0 bridgehead atoms. The molecule has 0 spiro atoms. The minimum atomic E-state index is -0.614. The molecule has 0 fully saturated rings. The second-order valence-electron chi connectivity index (χ2n) is 3.73. The molecule has 0 saturated heterocycles. The Kier molecular flexibility index (Phi) is 6.39. The van der Waals surface area contributed by atoms with Gasteiger partial charge in [0.05, 0.1) is 5.56 Å². The Bertz CT molecular complexity index is 415. The minimum absolute atomic E-state index is 0.0879. The van der Waals surface area contributed by atoms with Crippen LogP contribution in [0.25, 0.3) is 0 Å². The number of amides is 1. The largest absolute Gasteiger partial charge is 0.385 e. The van der Waals surface area contributed by atoms with Crippen LogP contribution in [0.3, 0.4) is 0 Å². The first-order chi connectivity index (χ1) is 8.58. The third-order valence-electron chi connectivity index (χ3n) is 2.36. The second kappa shape index (κ2) is 7.56. The molecule has 0 radical (unpaired) electrons. The molecule has 1 N–H and O–H groups in total. The molecule has 0 aromatic heterocycles. The average Bonchev–Trinajstić information content (AvgIpc) is 2.37. The van der Waals surface area contributed by atoms with E-state index in [0.29, 0.717) is 18.1 Å². The van der Waals surface area contributed by atoms with Crippen molar-refractivity contribution in [3.05, 3.63) is 34.6 Å². The fourth-order valence-electron chi connectivity index (χ4n) is 1.38. The predicted molar refractivity (Wildman–Crippen MR) is 69.9 cm³/mol. The zero-order valence-corrected chi connectivity index (χ0v) is 11.4. The van der Waals surface area contributed by atoms with E-state index in [1.807, 2.05) is 0 Å². The molecule has 0 saturated carbocycles. The van der Waals surface area contributed by atoms with Crippen LogP contribution in [0.15, 0.2) is 18.2 Å². The highest BCUT2D eigenvalue weighted by molar-refractivity contribution is 6.31. The zero-order valence-electron chi connectivity index (χ0n) is 9.88. The summed E-state index contributed by atoms with van der Waals surface area (Å²) in [6.45, 7) is 0.468. The van der Waals surface area contributed by atoms with Crippen LogP contribution in [0, 0.1) is 5.82 Å². The summed E-state index contributed by atoms with van der Waals surface area (Å²) in [6.07, 6.45) is 0.563. The van der Waals surface area contributed by atoms with Crippen molar-refractivity contribution >= 4 is 29.1 Å². The minimum Gasteiger partial charge on any atom is -0.385 e. The fourth-order valence-corrected chi connectivity index (χ4v) is 1.79. The van der Waals surface area contributed by atoms with Gasteiger partial charge < -0.3 is 10.1 Å². The van der Waals surface area contributed by atoms with Crippen LogP contribution in [0.4, 0.5) is 4.39 Å². The fraction of sp³-hybridized carbons (Fsp3) is 0.417. The summed E-state index contributed by atoms with van der Waals surface area (Å²) in [6, 6.07) is 3.56. The number of hydrogen-bond acceptors (Lipinski definition) is 2. The van der Waals surface area contributed by atoms with Gasteiger partial charge in [0.2, 0.25) is 0 Å². The van der Waals surface area contributed by atoms with Crippen molar-refractivity contribution in [2.45, 2.75) is 12.5 Å². The molecule has 100 valence electrons. The van der Waals surface area contributed by atoms with Gasteiger partial charge in [0.25, 0.3) is 5.91 Å². The molecule has 0 aliphatic heterocycles. The lowest BCUT2D eigenvalue weighted by Crippen LogP contribution is -2.37. The van der Waals surface area contributed by atoms with Crippen LogP contribution in [0.5, 0.6) is 0 Å². The van der Waals surface area contributed by atoms with Gasteiger partial charge in [-0.15, -0.1) is 11.6 Å². The summed E-state index contributed by atoms with van der Waals surface area (Å²) in [5.74, 6) is -0.911. The van der Waals surface area contributed by atoms with Gasteiger partial charge in [-0.25, -0.2) is 4.39 Å². The monoisotopic (exact) mass is 293 g/mol. The van der Waals surface area contributed by atoms with Crippen LogP contribution >= 0.6 is 23.2 Å². The molecular weight excluding hydrogens is 280 g/mol. The molecule has 1 unspecified atom stereocenters. The summed E-state index contributed by atoms with van der Waals surface area (Å²) in [5.41, 5.74) is -0.0879. The van der Waals surface area contributed by atoms with Crippen molar-refractivity contribution < 1.29 is 13.9 Å². The van der Waals surface area contributed by atoms with Gasteiger partial charge in [0, 0.05) is 30.7 Å². The van der Waals surface area contributed by atoms with Crippen molar-refractivity contribution in [3.8, 4) is 0 Å². The van der Waals surface area contributed by atoms with Crippen LogP contribution in [-0.2, 0) is 4.74 Å². The van der Waals surface area contributed by atoms with Gasteiger partial charge in [-0.2, -0.15) is 0 Å². The summed E-state index contributed by atoms with van der Waals surface area (Å²) in [5, 5.41) is 2.94. The lowest BCUT2D eigenvalue weighted by molar-refractivity contribution is 0.0926. The summed E-state index contributed by atoms with van der Waals surface area (Å²) in [7, 11) is 1.56. The molecule has 0 aliphatic rings. The summed E-state index contributed by atoms with van der Waals surface area (Å²) in [4.78, 5) is 11.8. The van der Waals surface area contributed by atoms with Crippen LogP contribution in [0.1, 0.15) is 16.8 Å². The number of carbonyl (C=O) groups is 1. The van der Waals surface area contributed by atoms with E-state index >= 15 is 0 Å². The SMILES string of the molecule is COCCC(CCl)NC(=O)c1cc(Cl)ccc1F. The molecule has 1 rings (SSSR count). The number of methoxy groups -OCH3 is 1. The molecule has 6 heteroatoms. The van der Waals surface area contributed by atoms with Gasteiger partial charge in [0.1, 0.15) is 5.82 Å². The molecule has 1 atom stereocenters. The lowest BCUT2D eigenvalue weighted by Gasteiger charge is -2.15. The van der Waals surface area contributed by atoms with E-state index in [2.05, 4.69) is 5.32 Å². The van der Waals surface area contributed by atoms with Gasteiger partial charge in [-0.1, -0.05) is 11.6 Å². The Morgan fingerprint density at radius 1 is 1.56 bits per heavy atom. The predicted octanol–water partition coefficient (Wildman–Crippen LogP) is 2.85. The van der Waals surface area contributed by atoms with Gasteiger partial charge in [-0.3, -0.25) is 4.79 Å². The standard InChI is InChI=1S/C12H14Cl2FNO2/c1-18-5-4-9(7-13)16-12(17)10-6-8(14)2-3-11(10)15/h2-3,6,9H,4-5,7H2,1H3,(H,16,17). The summed E-state index contributed by atoms with van der Waals surface area (Å²) < 4.78 is 18.3.